The molecular weight excluding hydrogens is 254 g/mol. The highest BCUT2D eigenvalue weighted by molar-refractivity contribution is 7.10. The van der Waals surface area contributed by atoms with Gasteiger partial charge in [-0.15, -0.1) is 11.3 Å². The number of hydrogen-bond donors (Lipinski definition) is 2. The fraction of sp³-hybridized carbons (Fsp3) is 0.250. The van der Waals surface area contributed by atoms with Gasteiger partial charge < -0.3 is 11.1 Å². The Balaban J connectivity index is 2.19. The maximum atomic E-state index is 6.09. The molecule has 2 heterocycles. The lowest BCUT2D eigenvalue weighted by atomic mass is 10.2. The number of hydrogen-bond acceptors (Lipinski definition) is 4. The number of pyridine rings is 1. The van der Waals surface area contributed by atoms with Crippen LogP contribution in [-0.4, -0.2) is 4.98 Å². The molecule has 3 nitrogen and oxygen atoms in total. The second-order valence-electron chi connectivity index (χ2n) is 3.72. The Labute approximate surface area is 110 Å². The van der Waals surface area contributed by atoms with Gasteiger partial charge in [0.2, 0.25) is 0 Å². The van der Waals surface area contributed by atoms with Crippen LogP contribution in [-0.2, 0) is 0 Å². The molecule has 0 spiro atoms. The molecule has 0 aliphatic heterocycles. The number of nitrogens with one attached hydrogen (secondary N) is 1. The van der Waals surface area contributed by atoms with Crippen LogP contribution in [0, 0.1) is 0 Å². The van der Waals surface area contributed by atoms with E-state index >= 15 is 0 Å². The molecule has 2 aromatic heterocycles. The molecule has 0 bridgehead atoms. The topological polar surface area (TPSA) is 50.9 Å². The Kier molecular flexibility index (Phi) is 3.86. The van der Waals surface area contributed by atoms with Crippen LogP contribution in [0.3, 0.4) is 0 Å². The zero-order valence-electron chi connectivity index (χ0n) is 9.48. The van der Waals surface area contributed by atoms with E-state index in [0.29, 0.717) is 16.5 Å². The van der Waals surface area contributed by atoms with Gasteiger partial charge in [0.25, 0.3) is 0 Å². The number of nitrogens with zero attached hydrogens (tertiary/aromatic N) is 1. The van der Waals surface area contributed by atoms with Crippen molar-refractivity contribution in [3.63, 3.8) is 0 Å². The molecule has 90 valence electrons. The van der Waals surface area contributed by atoms with Crippen molar-refractivity contribution < 1.29 is 0 Å². The van der Waals surface area contributed by atoms with E-state index < -0.39 is 0 Å². The van der Waals surface area contributed by atoms with Gasteiger partial charge >= 0.3 is 0 Å². The summed E-state index contributed by atoms with van der Waals surface area (Å²) in [6.07, 6.45) is 2.58. The summed E-state index contributed by atoms with van der Waals surface area (Å²) < 4.78 is 0. The summed E-state index contributed by atoms with van der Waals surface area (Å²) in [6, 6.07) is 6.10. The van der Waals surface area contributed by atoms with Crippen molar-refractivity contribution in [1.82, 2.24) is 4.98 Å². The van der Waals surface area contributed by atoms with Gasteiger partial charge in [0.05, 0.1) is 22.9 Å². The first kappa shape index (κ1) is 12.2. The van der Waals surface area contributed by atoms with Crippen molar-refractivity contribution in [2.45, 2.75) is 19.4 Å². The second kappa shape index (κ2) is 5.38. The Morgan fingerprint density at radius 3 is 3.00 bits per heavy atom. The molecule has 5 heteroatoms. The molecule has 0 fully saturated rings. The Morgan fingerprint density at radius 2 is 2.41 bits per heavy atom. The first-order valence-electron chi connectivity index (χ1n) is 5.41. The lowest BCUT2D eigenvalue weighted by Gasteiger charge is -2.17. The number of thiophene rings is 1. The molecule has 0 radical (unpaired) electrons. The van der Waals surface area contributed by atoms with Crippen LogP contribution < -0.4 is 11.1 Å². The summed E-state index contributed by atoms with van der Waals surface area (Å²) in [6.45, 7) is 2.13. The largest absolute Gasteiger partial charge is 0.397 e. The molecule has 17 heavy (non-hydrogen) atoms. The van der Waals surface area contributed by atoms with Gasteiger partial charge in [-0.3, -0.25) is 0 Å². The summed E-state index contributed by atoms with van der Waals surface area (Å²) in [4.78, 5) is 5.49. The lowest BCUT2D eigenvalue weighted by molar-refractivity contribution is 0.759. The molecule has 0 aliphatic rings. The van der Waals surface area contributed by atoms with Crippen molar-refractivity contribution in [1.29, 1.82) is 0 Å². The van der Waals surface area contributed by atoms with E-state index in [2.05, 4.69) is 28.7 Å². The minimum atomic E-state index is 0.239. The standard InChI is InChI=1S/C12H14ClN3S/c1-2-10(11-4-3-5-17-11)16-12-9(13)6-8(14)7-15-12/h3-7,10H,2,14H2,1H3,(H,15,16). The molecule has 3 N–H and O–H groups in total. The SMILES string of the molecule is CCC(Nc1ncc(N)cc1Cl)c1cccs1. The van der Waals surface area contributed by atoms with Crippen LogP contribution in [0.5, 0.6) is 0 Å². The predicted molar refractivity (Wildman–Crippen MR) is 74.6 cm³/mol. The van der Waals surface area contributed by atoms with E-state index in [4.69, 9.17) is 17.3 Å². The van der Waals surface area contributed by atoms with Crippen molar-refractivity contribution in [3.05, 3.63) is 39.7 Å². The number of anilines is 2. The first-order chi connectivity index (χ1) is 8.20. The van der Waals surface area contributed by atoms with Crippen LogP contribution in [0.4, 0.5) is 11.5 Å². The van der Waals surface area contributed by atoms with Gasteiger partial charge in [0.15, 0.2) is 0 Å². The highest BCUT2D eigenvalue weighted by Gasteiger charge is 2.12. The van der Waals surface area contributed by atoms with Gasteiger partial charge in [-0.05, 0) is 23.9 Å². The van der Waals surface area contributed by atoms with Crippen LogP contribution in [0.15, 0.2) is 29.8 Å². The minimum Gasteiger partial charge on any atom is -0.397 e. The average Bonchev–Trinajstić information content (AvgIpc) is 2.81. The van der Waals surface area contributed by atoms with E-state index in [1.54, 1.807) is 23.6 Å². The molecule has 1 unspecified atom stereocenters. The monoisotopic (exact) mass is 267 g/mol. The zero-order valence-corrected chi connectivity index (χ0v) is 11.1. The maximum Gasteiger partial charge on any atom is 0.145 e. The van der Waals surface area contributed by atoms with Crippen LogP contribution >= 0.6 is 22.9 Å². The minimum absolute atomic E-state index is 0.239. The molecule has 0 amide bonds. The van der Waals surface area contributed by atoms with Gasteiger partial charge in [0, 0.05) is 4.88 Å². The molecule has 2 aromatic rings. The van der Waals surface area contributed by atoms with E-state index in [0.717, 1.165) is 6.42 Å². The highest BCUT2D eigenvalue weighted by Crippen LogP contribution is 2.29. The Morgan fingerprint density at radius 1 is 1.59 bits per heavy atom. The van der Waals surface area contributed by atoms with Gasteiger partial charge in [0.1, 0.15) is 5.82 Å². The summed E-state index contributed by atoms with van der Waals surface area (Å²) in [5, 5.41) is 5.96. The van der Waals surface area contributed by atoms with Crippen LogP contribution in [0.1, 0.15) is 24.3 Å². The fourth-order valence-electron chi connectivity index (χ4n) is 1.59. The molecule has 0 aliphatic carbocycles. The fourth-order valence-corrected chi connectivity index (χ4v) is 2.68. The predicted octanol–water partition coefficient (Wildman–Crippen LogP) is 3.94. The molecule has 1 atom stereocenters. The van der Waals surface area contributed by atoms with Crippen molar-refractivity contribution in [2.75, 3.05) is 11.1 Å². The summed E-state index contributed by atoms with van der Waals surface area (Å²) in [5.41, 5.74) is 6.19. The van der Waals surface area contributed by atoms with Gasteiger partial charge in [-0.25, -0.2) is 4.98 Å². The number of aromatic nitrogens is 1. The molecule has 2 rings (SSSR count). The normalized spacial score (nSPS) is 12.4. The molecule has 0 saturated carbocycles. The number of nitrogen functional groups attached to an aromatic ring is 1. The average molecular weight is 268 g/mol. The Hall–Kier alpha value is -1.26. The molecule has 0 saturated heterocycles. The molecular formula is C12H14ClN3S. The summed E-state index contributed by atoms with van der Waals surface area (Å²) >= 11 is 7.82. The van der Waals surface area contributed by atoms with E-state index in [-0.39, 0.29) is 6.04 Å². The van der Waals surface area contributed by atoms with Crippen LogP contribution in [0.25, 0.3) is 0 Å². The maximum absolute atomic E-state index is 6.09. The third kappa shape index (κ3) is 2.90. The van der Waals surface area contributed by atoms with E-state index in [1.165, 1.54) is 4.88 Å². The third-order valence-corrected chi connectivity index (χ3v) is 3.74. The van der Waals surface area contributed by atoms with Crippen LogP contribution in [0.2, 0.25) is 5.02 Å². The highest BCUT2D eigenvalue weighted by atomic mass is 35.5. The second-order valence-corrected chi connectivity index (χ2v) is 5.11. The first-order valence-corrected chi connectivity index (χ1v) is 6.67. The zero-order chi connectivity index (χ0) is 12.3. The number of rotatable bonds is 4. The van der Waals surface area contributed by atoms with E-state index in [1.807, 2.05) is 6.07 Å². The van der Waals surface area contributed by atoms with Gasteiger partial charge in [-0.1, -0.05) is 24.6 Å². The summed E-state index contributed by atoms with van der Waals surface area (Å²) in [5.74, 6) is 0.682. The third-order valence-electron chi connectivity index (χ3n) is 2.47. The summed E-state index contributed by atoms with van der Waals surface area (Å²) in [7, 11) is 0. The quantitative estimate of drug-likeness (QED) is 0.882. The number of nitrogens with two attached hydrogens (primary N) is 1. The van der Waals surface area contributed by atoms with Crippen molar-refractivity contribution in [3.8, 4) is 0 Å². The lowest BCUT2D eigenvalue weighted by Crippen LogP contribution is -2.09. The number of halogens is 1. The van der Waals surface area contributed by atoms with Gasteiger partial charge in [-0.2, -0.15) is 0 Å². The van der Waals surface area contributed by atoms with Crippen molar-refractivity contribution in [2.24, 2.45) is 0 Å². The Bertz CT molecular complexity index is 485. The van der Waals surface area contributed by atoms with E-state index in [9.17, 15) is 0 Å². The smallest absolute Gasteiger partial charge is 0.145 e. The molecule has 0 aromatic carbocycles. The van der Waals surface area contributed by atoms with Crippen molar-refractivity contribution >= 4 is 34.4 Å².